The van der Waals surface area contributed by atoms with Crippen LogP contribution in [0.4, 0.5) is 0 Å². The van der Waals surface area contributed by atoms with E-state index in [9.17, 15) is 5.26 Å². The minimum Gasteiger partial charge on any atom is -0.252 e. The van der Waals surface area contributed by atoms with Crippen LogP contribution >= 0.6 is 0 Å². The zero-order chi connectivity index (χ0) is 19.9. The van der Waals surface area contributed by atoms with Crippen molar-refractivity contribution < 1.29 is 10.1 Å². The smallest absolute Gasteiger partial charge is 0.0964 e. The van der Waals surface area contributed by atoms with Gasteiger partial charge in [-0.25, -0.2) is 4.89 Å². The third kappa shape index (κ3) is 3.51. The van der Waals surface area contributed by atoms with Gasteiger partial charge < -0.3 is 0 Å². The van der Waals surface area contributed by atoms with Crippen LogP contribution in [0, 0.1) is 40.4 Å². The van der Waals surface area contributed by atoms with E-state index < -0.39 is 0 Å². The number of rotatable bonds is 6. The SMILES string of the molecule is CC(C)CCCC[C@H]1CCC2C3CC=C4CC(OO)CCC4(C)C3CCC21C. The zero-order valence-electron chi connectivity index (χ0n) is 18.9. The fraction of sp³-hybridized carbons (Fsp3) is 0.923. The molecule has 4 rings (SSSR count). The average molecular weight is 389 g/mol. The highest BCUT2D eigenvalue weighted by atomic mass is 17.1. The van der Waals surface area contributed by atoms with Crippen molar-refractivity contribution in [2.75, 3.05) is 0 Å². The van der Waals surface area contributed by atoms with Crippen molar-refractivity contribution in [2.45, 2.75) is 111 Å². The lowest BCUT2D eigenvalue weighted by molar-refractivity contribution is -0.284. The van der Waals surface area contributed by atoms with Gasteiger partial charge in [0.25, 0.3) is 0 Å². The van der Waals surface area contributed by atoms with E-state index in [1.54, 1.807) is 5.57 Å². The fourth-order valence-corrected chi connectivity index (χ4v) is 8.24. The van der Waals surface area contributed by atoms with Crippen molar-refractivity contribution >= 4 is 0 Å². The normalized spacial score (nSPS) is 45.4. The Balaban J connectivity index is 1.45. The standard InChI is InChI=1S/C26H44O2/c1-18(2)7-5-6-8-19-10-12-23-22-11-9-20-17-21(28-27)13-15-26(20,4)24(22)14-16-25(19,23)3/h9,18-19,21-24,27H,5-8,10-17H2,1-4H3/t19-,21?,22?,23?,24?,25?,26?/m0/s1. The van der Waals surface area contributed by atoms with Crippen LogP contribution in [0.3, 0.4) is 0 Å². The van der Waals surface area contributed by atoms with Crippen LogP contribution in [0.1, 0.15) is 105 Å². The third-order valence-corrected chi connectivity index (χ3v) is 9.99. The Bertz CT molecular complexity index is 581. The van der Waals surface area contributed by atoms with E-state index in [2.05, 4.69) is 33.8 Å². The van der Waals surface area contributed by atoms with Crippen LogP contribution < -0.4 is 0 Å². The molecule has 28 heavy (non-hydrogen) atoms. The molecule has 0 spiro atoms. The zero-order valence-corrected chi connectivity index (χ0v) is 18.9. The number of unbranched alkanes of at least 4 members (excludes halogenated alkanes) is 1. The van der Waals surface area contributed by atoms with Gasteiger partial charge >= 0.3 is 0 Å². The van der Waals surface area contributed by atoms with E-state index in [4.69, 9.17) is 4.89 Å². The lowest BCUT2D eigenvalue weighted by atomic mass is 9.47. The summed E-state index contributed by atoms with van der Waals surface area (Å²) in [6, 6.07) is 0. The molecule has 0 aromatic rings. The van der Waals surface area contributed by atoms with Crippen molar-refractivity contribution in [2.24, 2.45) is 40.4 Å². The summed E-state index contributed by atoms with van der Waals surface area (Å²) in [5.74, 6) is 4.55. The number of allylic oxidation sites excluding steroid dienone is 1. The van der Waals surface area contributed by atoms with E-state index in [0.717, 1.165) is 42.4 Å². The maximum atomic E-state index is 9.18. The molecule has 0 heterocycles. The number of fused-ring (bicyclic) bond motifs is 5. The molecule has 3 saturated carbocycles. The quantitative estimate of drug-likeness (QED) is 0.219. The minimum absolute atomic E-state index is 0.0337. The monoisotopic (exact) mass is 388 g/mol. The summed E-state index contributed by atoms with van der Waals surface area (Å²) in [5.41, 5.74) is 2.58. The van der Waals surface area contributed by atoms with Crippen molar-refractivity contribution in [1.29, 1.82) is 0 Å². The summed E-state index contributed by atoms with van der Waals surface area (Å²) < 4.78 is 0. The van der Waals surface area contributed by atoms with Crippen molar-refractivity contribution in [3.63, 3.8) is 0 Å². The van der Waals surface area contributed by atoms with Gasteiger partial charge in [0, 0.05) is 0 Å². The van der Waals surface area contributed by atoms with Gasteiger partial charge in [-0.1, -0.05) is 58.6 Å². The predicted octanol–water partition coefficient (Wildman–Crippen LogP) is 7.64. The molecule has 2 nitrogen and oxygen atoms in total. The Labute approximate surface area is 173 Å². The Morgan fingerprint density at radius 3 is 2.64 bits per heavy atom. The lowest BCUT2D eigenvalue weighted by Crippen LogP contribution is -2.50. The fourth-order valence-electron chi connectivity index (χ4n) is 8.24. The van der Waals surface area contributed by atoms with Gasteiger partial charge in [0.05, 0.1) is 6.10 Å². The van der Waals surface area contributed by atoms with E-state index in [1.165, 1.54) is 64.2 Å². The molecule has 0 amide bonds. The van der Waals surface area contributed by atoms with Crippen molar-refractivity contribution in [1.82, 2.24) is 0 Å². The van der Waals surface area contributed by atoms with Gasteiger partial charge in [-0.2, -0.15) is 0 Å². The summed E-state index contributed by atoms with van der Waals surface area (Å²) in [5, 5.41) is 9.18. The first-order chi connectivity index (χ1) is 13.4. The van der Waals surface area contributed by atoms with E-state index in [0.29, 0.717) is 10.8 Å². The summed E-state index contributed by atoms with van der Waals surface area (Å²) >= 11 is 0. The Morgan fingerprint density at radius 2 is 1.89 bits per heavy atom. The Hall–Kier alpha value is -0.340. The Kier molecular flexibility index (Phi) is 6.02. The maximum Gasteiger partial charge on any atom is 0.0964 e. The first-order valence-corrected chi connectivity index (χ1v) is 12.4. The lowest BCUT2D eigenvalue weighted by Gasteiger charge is -2.58. The molecule has 3 fully saturated rings. The molecule has 1 N–H and O–H groups in total. The molecule has 0 aromatic heterocycles. The summed E-state index contributed by atoms with van der Waals surface area (Å²) in [4.78, 5) is 4.74. The summed E-state index contributed by atoms with van der Waals surface area (Å²) in [7, 11) is 0. The molecule has 6 unspecified atom stereocenters. The summed E-state index contributed by atoms with van der Waals surface area (Å²) in [6.45, 7) is 9.94. The molecule has 0 bridgehead atoms. The molecule has 4 aliphatic carbocycles. The first kappa shape index (κ1) is 20.9. The molecule has 0 aromatic carbocycles. The second-order valence-corrected chi connectivity index (χ2v) is 11.7. The topological polar surface area (TPSA) is 29.5 Å². The average Bonchev–Trinajstić information content (AvgIpc) is 3.01. The minimum atomic E-state index is 0.0337. The Morgan fingerprint density at radius 1 is 1.07 bits per heavy atom. The van der Waals surface area contributed by atoms with Gasteiger partial charge in [0.15, 0.2) is 0 Å². The molecule has 2 heteroatoms. The molecular weight excluding hydrogens is 344 g/mol. The van der Waals surface area contributed by atoms with Gasteiger partial charge in [-0.05, 0) is 98.2 Å². The van der Waals surface area contributed by atoms with Crippen LogP contribution in [-0.2, 0) is 4.89 Å². The molecule has 0 radical (unpaired) electrons. The largest absolute Gasteiger partial charge is 0.252 e. The molecular formula is C26H44O2. The van der Waals surface area contributed by atoms with Crippen LogP contribution in [0.2, 0.25) is 0 Å². The number of hydrogen-bond donors (Lipinski definition) is 1. The second kappa shape index (κ2) is 8.06. The van der Waals surface area contributed by atoms with E-state index in [1.807, 2.05) is 0 Å². The van der Waals surface area contributed by atoms with E-state index in [-0.39, 0.29) is 6.10 Å². The van der Waals surface area contributed by atoms with Gasteiger partial charge in [-0.3, -0.25) is 5.26 Å². The molecule has 0 aliphatic heterocycles. The second-order valence-electron chi connectivity index (χ2n) is 11.7. The van der Waals surface area contributed by atoms with Crippen molar-refractivity contribution in [3.8, 4) is 0 Å². The van der Waals surface area contributed by atoms with Crippen LogP contribution in [0.15, 0.2) is 11.6 Å². The highest BCUT2D eigenvalue weighted by Gasteiger charge is 2.58. The van der Waals surface area contributed by atoms with Gasteiger partial charge in [-0.15, -0.1) is 0 Å². The first-order valence-electron chi connectivity index (χ1n) is 12.4. The maximum absolute atomic E-state index is 9.18. The molecule has 7 atom stereocenters. The van der Waals surface area contributed by atoms with Crippen LogP contribution in [-0.4, -0.2) is 11.4 Å². The highest BCUT2D eigenvalue weighted by molar-refractivity contribution is 5.25. The highest BCUT2D eigenvalue weighted by Crippen LogP contribution is 2.66. The van der Waals surface area contributed by atoms with E-state index >= 15 is 0 Å². The van der Waals surface area contributed by atoms with Crippen molar-refractivity contribution in [3.05, 3.63) is 11.6 Å². The molecule has 0 saturated heterocycles. The molecule has 4 aliphatic rings. The number of hydrogen-bond acceptors (Lipinski definition) is 2. The van der Waals surface area contributed by atoms with Gasteiger partial charge in [0.2, 0.25) is 0 Å². The van der Waals surface area contributed by atoms with Crippen LogP contribution in [0.5, 0.6) is 0 Å². The predicted molar refractivity (Wildman–Crippen MR) is 116 cm³/mol. The van der Waals surface area contributed by atoms with Gasteiger partial charge in [0.1, 0.15) is 0 Å². The van der Waals surface area contributed by atoms with Crippen LogP contribution in [0.25, 0.3) is 0 Å². The third-order valence-electron chi connectivity index (χ3n) is 9.99. The summed E-state index contributed by atoms with van der Waals surface area (Å²) in [6.07, 6.45) is 18.7. The molecule has 160 valence electrons.